The van der Waals surface area contributed by atoms with Crippen molar-refractivity contribution in [1.29, 1.82) is 0 Å². The van der Waals surface area contributed by atoms with E-state index in [4.69, 9.17) is 10.8 Å². The highest BCUT2D eigenvalue weighted by atomic mass is 16.4. The summed E-state index contributed by atoms with van der Waals surface area (Å²) in [5.74, 6) is -0.714. The molecule has 0 aliphatic heterocycles. The number of nitrogens with two attached hydrogens (primary N) is 1. The Bertz CT molecular complexity index is 360. The molecule has 0 aliphatic carbocycles. The first-order valence-electron chi connectivity index (χ1n) is 7.22. The lowest BCUT2D eigenvalue weighted by atomic mass is 10.0. The molecule has 106 valence electrons. The third kappa shape index (κ3) is 7.62. The van der Waals surface area contributed by atoms with Crippen LogP contribution in [0.4, 0.5) is 0 Å². The topological polar surface area (TPSA) is 63.3 Å². The van der Waals surface area contributed by atoms with Crippen molar-refractivity contribution in [2.24, 2.45) is 5.73 Å². The number of carboxylic acids is 1. The summed E-state index contributed by atoms with van der Waals surface area (Å²) in [5.41, 5.74) is 8.06. The summed E-state index contributed by atoms with van der Waals surface area (Å²) in [6, 6.07) is 8.58. The highest BCUT2D eigenvalue weighted by Gasteiger charge is 1.99. The van der Waals surface area contributed by atoms with Gasteiger partial charge in [-0.15, -0.1) is 0 Å². The Morgan fingerprint density at radius 3 is 1.95 bits per heavy atom. The number of benzene rings is 1. The van der Waals surface area contributed by atoms with E-state index in [9.17, 15) is 4.79 Å². The Morgan fingerprint density at radius 1 is 0.895 bits per heavy atom. The maximum absolute atomic E-state index is 10.4. The van der Waals surface area contributed by atoms with Gasteiger partial charge in [0, 0.05) is 6.42 Å². The molecule has 0 fully saturated rings. The molecule has 0 amide bonds. The second-order valence-electron chi connectivity index (χ2n) is 5.02. The maximum atomic E-state index is 10.4. The average Bonchev–Trinajstić information content (AvgIpc) is 2.40. The molecule has 0 aromatic heterocycles. The first kappa shape index (κ1) is 15.7. The zero-order valence-corrected chi connectivity index (χ0v) is 11.6. The van der Waals surface area contributed by atoms with Crippen LogP contribution in [0.3, 0.4) is 0 Å². The highest BCUT2D eigenvalue weighted by molar-refractivity contribution is 5.66. The number of unbranched alkanes of at least 4 members (excludes halogenated alkanes) is 3. The predicted molar refractivity (Wildman–Crippen MR) is 78.2 cm³/mol. The highest BCUT2D eigenvalue weighted by Crippen LogP contribution is 2.11. The Morgan fingerprint density at radius 2 is 1.42 bits per heavy atom. The van der Waals surface area contributed by atoms with Crippen LogP contribution in [-0.2, 0) is 17.6 Å². The van der Waals surface area contributed by atoms with E-state index in [0.29, 0.717) is 6.42 Å². The van der Waals surface area contributed by atoms with Crippen LogP contribution in [0.2, 0.25) is 0 Å². The van der Waals surface area contributed by atoms with Gasteiger partial charge in [-0.3, -0.25) is 4.79 Å². The van der Waals surface area contributed by atoms with E-state index in [2.05, 4.69) is 24.3 Å². The summed E-state index contributed by atoms with van der Waals surface area (Å²) < 4.78 is 0. The molecule has 0 radical (unpaired) electrons. The van der Waals surface area contributed by atoms with Crippen LogP contribution in [0.25, 0.3) is 0 Å². The third-order valence-electron chi connectivity index (χ3n) is 3.30. The molecule has 0 aliphatic rings. The van der Waals surface area contributed by atoms with Crippen LogP contribution in [-0.4, -0.2) is 17.6 Å². The monoisotopic (exact) mass is 263 g/mol. The van der Waals surface area contributed by atoms with E-state index in [1.807, 2.05) is 0 Å². The first-order valence-corrected chi connectivity index (χ1v) is 7.22. The quantitative estimate of drug-likeness (QED) is 0.637. The minimum absolute atomic E-state index is 0.253. The number of hydrogen-bond acceptors (Lipinski definition) is 2. The van der Waals surface area contributed by atoms with Gasteiger partial charge in [-0.25, -0.2) is 0 Å². The van der Waals surface area contributed by atoms with E-state index in [1.165, 1.54) is 30.4 Å². The number of hydrogen-bond donors (Lipinski definition) is 2. The second kappa shape index (κ2) is 9.56. The Kier molecular flexibility index (Phi) is 7.91. The molecule has 0 heterocycles. The summed E-state index contributed by atoms with van der Waals surface area (Å²) in [7, 11) is 0. The van der Waals surface area contributed by atoms with Crippen molar-refractivity contribution < 1.29 is 9.90 Å². The SMILES string of the molecule is NCCCCCCc1ccc(CCCC(=O)O)cc1. The molecule has 0 atom stereocenters. The molecule has 0 saturated carbocycles. The first-order chi connectivity index (χ1) is 9.22. The Labute approximate surface area is 115 Å². The van der Waals surface area contributed by atoms with Crippen LogP contribution in [0.5, 0.6) is 0 Å². The molecule has 0 unspecified atom stereocenters. The fourth-order valence-electron chi connectivity index (χ4n) is 2.14. The number of carboxylic acid groups (broad SMARTS) is 1. The number of aliphatic carboxylic acids is 1. The van der Waals surface area contributed by atoms with Gasteiger partial charge in [-0.1, -0.05) is 37.1 Å². The van der Waals surface area contributed by atoms with E-state index in [1.54, 1.807) is 0 Å². The van der Waals surface area contributed by atoms with Crippen molar-refractivity contribution >= 4 is 5.97 Å². The van der Waals surface area contributed by atoms with Gasteiger partial charge >= 0.3 is 5.97 Å². The molecule has 3 nitrogen and oxygen atoms in total. The molecule has 1 aromatic carbocycles. The lowest BCUT2D eigenvalue weighted by molar-refractivity contribution is -0.137. The molecular weight excluding hydrogens is 238 g/mol. The predicted octanol–water partition coefficient (Wildman–Crippen LogP) is 3.16. The van der Waals surface area contributed by atoms with Gasteiger partial charge in [0.2, 0.25) is 0 Å². The van der Waals surface area contributed by atoms with Crippen LogP contribution in [0, 0.1) is 0 Å². The summed E-state index contributed by atoms with van der Waals surface area (Å²) in [4.78, 5) is 10.4. The zero-order chi connectivity index (χ0) is 13.9. The lowest BCUT2D eigenvalue weighted by Crippen LogP contribution is -1.98. The fourth-order valence-corrected chi connectivity index (χ4v) is 2.14. The van der Waals surface area contributed by atoms with E-state index in [-0.39, 0.29) is 6.42 Å². The van der Waals surface area contributed by atoms with Gasteiger partial charge in [0.05, 0.1) is 0 Å². The number of rotatable bonds is 10. The smallest absolute Gasteiger partial charge is 0.303 e. The van der Waals surface area contributed by atoms with E-state index < -0.39 is 5.97 Å². The van der Waals surface area contributed by atoms with Crippen molar-refractivity contribution in [3.05, 3.63) is 35.4 Å². The van der Waals surface area contributed by atoms with Crippen LogP contribution < -0.4 is 5.73 Å². The molecule has 0 bridgehead atoms. The summed E-state index contributed by atoms with van der Waals surface area (Å²) >= 11 is 0. The summed E-state index contributed by atoms with van der Waals surface area (Å²) in [6.45, 7) is 0.797. The molecule has 1 aromatic rings. The maximum Gasteiger partial charge on any atom is 0.303 e. The lowest BCUT2D eigenvalue weighted by Gasteiger charge is -2.04. The van der Waals surface area contributed by atoms with Gasteiger partial charge in [0.1, 0.15) is 0 Å². The molecule has 3 N–H and O–H groups in total. The second-order valence-corrected chi connectivity index (χ2v) is 5.02. The van der Waals surface area contributed by atoms with Gasteiger partial charge in [-0.2, -0.15) is 0 Å². The van der Waals surface area contributed by atoms with Crippen LogP contribution >= 0.6 is 0 Å². The van der Waals surface area contributed by atoms with E-state index >= 15 is 0 Å². The zero-order valence-electron chi connectivity index (χ0n) is 11.6. The Balaban J connectivity index is 2.21. The molecule has 19 heavy (non-hydrogen) atoms. The van der Waals surface area contributed by atoms with Crippen molar-refractivity contribution in [1.82, 2.24) is 0 Å². The van der Waals surface area contributed by atoms with E-state index in [0.717, 1.165) is 25.8 Å². The van der Waals surface area contributed by atoms with Crippen LogP contribution in [0.15, 0.2) is 24.3 Å². The molecular formula is C16H25NO2. The number of aryl methyl sites for hydroxylation is 2. The molecule has 0 spiro atoms. The van der Waals surface area contributed by atoms with Crippen molar-refractivity contribution in [2.75, 3.05) is 6.54 Å². The molecule has 0 saturated heterocycles. The number of carbonyl (C=O) groups is 1. The van der Waals surface area contributed by atoms with Gasteiger partial charge in [-0.05, 0) is 49.8 Å². The standard InChI is InChI=1S/C16H25NO2/c17-13-4-2-1-3-6-14-9-11-15(12-10-14)7-5-8-16(18)19/h9-12H,1-8,13,17H2,(H,18,19). The third-order valence-corrected chi connectivity index (χ3v) is 3.30. The van der Waals surface area contributed by atoms with Gasteiger partial charge < -0.3 is 10.8 Å². The van der Waals surface area contributed by atoms with Crippen molar-refractivity contribution in [3.63, 3.8) is 0 Å². The Hall–Kier alpha value is -1.35. The van der Waals surface area contributed by atoms with Gasteiger partial charge in [0.25, 0.3) is 0 Å². The van der Waals surface area contributed by atoms with Crippen molar-refractivity contribution in [2.45, 2.75) is 51.4 Å². The molecule has 1 rings (SSSR count). The largest absolute Gasteiger partial charge is 0.481 e. The minimum Gasteiger partial charge on any atom is -0.481 e. The van der Waals surface area contributed by atoms with Gasteiger partial charge in [0.15, 0.2) is 0 Å². The summed E-state index contributed by atoms with van der Waals surface area (Å²) in [5, 5.41) is 8.59. The average molecular weight is 263 g/mol. The molecule has 3 heteroatoms. The van der Waals surface area contributed by atoms with Crippen molar-refractivity contribution in [3.8, 4) is 0 Å². The summed E-state index contributed by atoms with van der Waals surface area (Å²) in [6.07, 6.45) is 7.77. The van der Waals surface area contributed by atoms with Crippen LogP contribution in [0.1, 0.15) is 49.7 Å². The minimum atomic E-state index is -0.714. The normalized spacial score (nSPS) is 10.6. The fraction of sp³-hybridized carbons (Fsp3) is 0.562.